The third-order valence-electron chi connectivity index (χ3n) is 4.19. The van der Waals surface area contributed by atoms with Crippen molar-refractivity contribution in [1.82, 2.24) is 9.78 Å². The molecule has 0 atom stereocenters. The molecule has 0 saturated heterocycles. The number of hydrogen-bond acceptors (Lipinski definition) is 3. The van der Waals surface area contributed by atoms with Crippen LogP contribution in [-0.2, 0) is 12.0 Å². The van der Waals surface area contributed by atoms with Gasteiger partial charge in [0.15, 0.2) is 0 Å². The number of hydrogen-bond donors (Lipinski definition) is 3. The van der Waals surface area contributed by atoms with Crippen molar-refractivity contribution >= 4 is 29.1 Å². The third-order valence-corrected chi connectivity index (χ3v) is 4.43. The minimum Gasteiger partial charge on any atom is -0.326 e. The van der Waals surface area contributed by atoms with Crippen LogP contribution in [-0.4, -0.2) is 15.8 Å². The van der Waals surface area contributed by atoms with E-state index in [0.717, 1.165) is 16.9 Å². The maximum Gasteiger partial charge on any atom is 0.324 e. The molecule has 1 heterocycles. The Morgan fingerprint density at radius 3 is 2.54 bits per heavy atom. The number of benzene rings is 2. The van der Waals surface area contributed by atoms with Gasteiger partial charge in [0, 0.05) is 28.7 Å². The van der Waals surface area contributed by atoms with E-state index in [9.17, 15) is 4.79 Å². The van der Waals surface area contributed by atoms with Gasteiger partial charge >= 0.3 is 6.03 Å². The second-order valence-electron chi connectivity index (χ2n) is 7.54. The van der Waals surface area contributed by atoms with Crippen LogP contribution >= 0.6 is 11.6 Å². The minimum atomic E-state index is -0.376. The smallest absolute Gasteiger partial charge is 0.324 e. The Kier molecular flexibility index (Phi) is 5.72. The molecule has 3 rings (SSSR count). The lowest BCUT2D eigenvalue weighted by Gasteiger charge is -2.14. The Bertz CT molecular complexity index is 990. The van der Waals surface area contributed by atoms with Crippen LogP contribution in [0, 0.1) is 0 Å². The predicted molar refractivity (Wildman–Crippen MR) is 114 cm³/mol. The molecule has 146 valence electrons. The third kappa shape index (κ3) is 4.71. The highest BCUT2D eigenvalue weighted by atomic mass is 35.5. The highest BCUT2D eigenvalue weighted by Gasteiger charge is 2.21. The Hall–Kier alpha value is -2.83. The molecule has 0 bridgehead atoms. The molecular formula is C21H24ClN5O. The Labute approximate surface area is 169 Å². The molecule has 2 amide bonds. The zero-order valence-corrected chi connectivity index (χ0v) is 16.9. The Balaban J connectivity index is 1.92. The van der Waals surface area contributed by atoms with Gasteiger partial charge in [-0.05, 0) is 35.9 Å². The molecular weight excluding hydrogens is 374 g/mol. The van der Waals surface area contributed by atoms with Crippen molar-refractivity contribution < 1.29 is 4.79 Å². The summed E-state index contributed by atoms with van der Waals surface area (Å²) in [7, 11) is 0. The van der Waals surface area contributed by atoms with Gasteiger partial charge in [-0.1, -0.05) is 50.6 Å². The second-order valence-corrected chi connectivity index (χ2v) is 7.98. The van der Waals surface area contributed by atoms with E-state index in [1.54, 1.807) is 28.9 Å². The van der Waals surface area contributed by atoms with E-state index in [0.29, 0.717) is 23.1 Å². The maximum atomic E-state index is 12.5. The first-order valence-corrected chi connectivity index (χ1v) is 9.37. The SMILES string of the molecule is CC(C)(C)c1cc(NC(=O)Nc2cccc(Cl)c2)n(-c2cccc(CN)c2)n1. The van der Waals surface area contributed by atoms with Gasteiger partial charge < -0.3 is 11.1 Å². The van der Waals surface area contributed by atoms with Crippen LogP contribution < -0.4 is 16.4 Å². The molecule has 6 nitrogen and oxygen atoms in total. The lowest BCUT2D eigenvalue weighted by atomic mass is 9.92. The summed E-state index contributed by atoms with van der Waals surface area (Å²) >= 11 is 5.98. The number of rotatable bonds is 4. The predicted octanol–water partition coefficient (Wildman–Crippen LogP) is 4.93. The van der Waals surface area contributed by atoms with Crippen molar-refractivity contribution in [3.63, 3.8) is 0 Å². The van der Waals surface area contributed by atoms with Crippen LogP contribution in [0.2, 0.25) is 5.02 Å². The highest BCUT2D eigenvalue weighted by Crippen LogP contribution is 2.27. The van der Waals surface area contributed by atoms with Crippen LogP contribution in [0.25, 0.3) is 5.69 Å². The van der Waals surface area contributed by atoms with E-state index in [1.165, 1.54) is 0 Å². The van der Waals surface area contributed by atoms with Gasteiger partial charge in [0.05, 0.1) is 11.4 Å². The van der Waals surface area contributed by atoms with Gasteiger partial charge in [-0.15, -0.1) is 0 Å². The number of carbonyl (C=O) groups is 1. The zero-order valence-electron chi connectivity index (χ0n) is 16.2. The lowest BCUT2D eigenvalue weighted by molar-refractivity contribution is 0.262. The molecule has 28 heavy (non-hydrogen) atoms. The highest BCUT2D eigenvalue weighted by molar-refractivity contribution is 6.30. The van der Waals surface area contributed by atoms with Crippen LogP contribution in [0.3, 0.4) is 0 Å². The number of nitrogens with zero attached hydrogens (tertiary/aromatic N) is 2. The molecule has 0 fully saturated rings. The molecule has 7 heteroatoms. The molecule has 0 radical (unpaired) electrons. The van der Waals surface area contributed by atoms with Gasteiger partial charge in [0.1, 0.15) is 5.82 Å². The molecule has 0 spiro atoms. The van der Waals surface area contributed by atoms with E-state index in [-0.39, 0.29) is 11.4 Å². The van der Waals surface area contributed by atoms with Gasteiger partial charge in [0.25, 0.3) is 0 Å². The van der Waals surface area contributed by atoms with Crippen LogP contribution in [0.4, 0.5) is 16.3 Å². The molecule has 0 aliphatic rings. The molecule has 2 aromatic carbocycles. The summed E-state index contributed by atoms with van der Waals surface area (Å²) in [4.78, 5) is 12.5. The molecule has 4 N–H and O–H groups in total. The number of amides is 2. The lowest BCUT2D eigenvalue weighted by Crippen LogP contribution is -2.21. The first-order valence-electron chi connectivity index (χ1n) is 9.00. The fourth-order valence-electron chi connectivity index (χ4n) is 2.69. The van der Waals surface area contributed by atoms with Crippen molar-refractivity contribution in [3.05, 3.63) is 70.9 Å². The minimum absolute atomic E-state index is 0.170. The largest absolute Gasteiger partial charge is 0.326 e. The van der Waals surface area contributed by atoms with Gasteiger partial charge in [-0.3, -0.25) is 5.32 Å². The summed E-state index contributed by atoms with van der Waals surface area (Å²) in [6, 6.07) is 16.3. The molecule has 0 aliphatic carbocycles. The summed E-state index contributed by atoms with van der Waals surface area (Å²) in [6.07, 6.45) is 0. The second kappa shape index (κ2) is 8.04. The average molecular weight is 398 g/mol. The number of aromatic nitrogens is 2. The summed E-state index contributed by atoms with van der Waals surface area (Å²) in [5, 5.41) is 10.9. The number of nitrogens with two attached hydrogens (primary N) is 1. The summed E-state index contributed by atoms with van der Waals surface area (Å²) < 4.78 is 1.72. The summed E-state index contributed by atoms with van der Waals surface area (Å²) in [5.74, 6) is 0.568. The fraction of sp³-hybridized carbons (Fsp3) is 0.238. The normalized spacial score (nSPS) is 11.3. The molecule has 0 unspecified atom stereocenters. The van der Waals surface area contributed by atoms with Crippen molar-refractivity contribution in [3.8, 4) is 5.69 Å². The summed E-state index contributed by atoms with van der Waals surface area (Å²) in [6.45, 7) is 6.66. The maximum absolute atomic E-state index is 12.5. The topological polar surface area (TPSA) is 85.0 Å². The number of urea groups is 1. The van der Waals surface area contributed by atoms with Crippen molar-refractivity contribution in [2.24, 2.45) is 5.73 Å². The molecule has 0 saturated carbocycles. The molecule has 3 aromatic rings. The van der Waals surface area contributed by atoms with Crippen LogP contribution in [0.5, 0.6) is 0 Å². The van der Waals surface area contributed by atoms with Gasteiger partial charge in [-0.2, -0.15) is 5.10 Å². The van der Waals surface area contributed by atoms with E-state index < -0.39 is 0 Å². The Morgan fingerprint density at radius 2 is 1.86 bits per heavy atom. The first kappa shape index (κ1) is 19.9. The van der Waals surface area contributed by atoms with Crippen molar-refractivity contribution in [1.29, 1.82) is 0 Å². The molecule has 1 aromatic heterocycles. The van der Waals surface area contributed by atoms with Crippen molar-refractivity contribution in [2.45, 2.75) is 32.7 Å². The van der Waals surface area contributed by atoms with E-state index in [2.05, 4.69) is 31.4 Å². The van der Waals surface area contributed by atoms with E-state index in [4.69, 9.17) is 22.4 Å². The number of halogens is 1. The molecule has 0 aliphatic heterocycles. The number of nitrogens with one attached hydrogen (secondary N) is 2. The Morgan fingerprint density at radius 1 is 1.11 bits per heavy atom. The fourth-order valence-corrected chi connectivity index (χ4v) is 2.88. The quantitative estimate of drug-likeness (QED) is 0.583. The first-order chi connectivity index (χ1) is 13.3. The van der Waals surface area contributed by atoms with Crippen LogP contribution in [0.15, 0.2) is 54.6 Å². The zero-order chi connectivity index (χ0) is 20.3. The number of anilines is 2. The average Bonchev–Trinajstić information content (AvgIpc) is 3.06. The van der Waals surface area contributed by atoms with E-state index in [1.807, 2.05) is 30.3 Å². The van der Waals surface area contributed by atoms with Gasteiger partial charge in [0.2, 0.25) is 0 Å². The van der Waals surface area contributed by atoms with Gasteiger partial charge in [-0.25, -0.2) is 9.48 Å². The monoisotopic (exact) mass is 397 g/mol. The standard InChI is InChI=1S/C21H24ClN5O/c1-21(2,3)18-12-19(25-20(28)24-16-8-5-7-15(22)11-16)27(26-18)17-9-4-6-14(10-17)13-23/h4-12H,13,23H2,1-3H3,(H2,24,25,28). The number of carbonyl (C=O) groups excluding carboxylic acids is 1. The van der Waals surface area contributed by atoms with Crippen LogP contribution in [0.1, 0.15) is 32.0 Å². The summed E-state index contributed by atoms with van der Waals surface area (Å²) in [5.41, 5.74) is 8.89. The van der Waals surface area contributed by atoms with E-state index >= 15 is 0 Å². The van der Waals surface area contributed by atoms with Crippen molar-refractivity contribution in [2.75, 3.05) is 10.6 Å².